The fourth-order valence-electron chi connectivity index (χ4n) is 3.52. The fraction of sp³-hybridized carbons (Fsp3) is 0.300. The van der Waals surface area contributed by atoms with Crippen LogP contribution in [-0.2, 0) is 18.2 Å². The maximum Gasteiger partial charge on any atom is 0.121 e. The van der Waals surface area contributed by atoms with Gasteiger partial charge >= 0.3 is 0 Å². The number of hydrogen-bond acceptors (Lipinski definition) is 3. The van der Waals surface area contributed by atoms with Crippen molar-refractivity contribution >= 4 is 0 Å². The number of rotatable bonds is 2. The highest BCUT2D eigenvalue weighted by Crippen LogP contribution is 2.41. The van der Waals surface area contributed by atoms with Crippen LogP contribution in [0.15, 0.2) is 48.5 Å². The van der Waals surface area contributed by atoms with E-state index in [1.165, 1.54) is 16.7 Å². The van der Waals surface area contributed by atoms with Crippen molar-refractivity contribution < 1.29 is 4.74 Å². The zero-order valence-electron chi connectivity index (χ0n) is 14.2. The summed E-state index contributed by atoms with van der Waals surface area (Å²) in [5, 5.41) is 8.76. The van der Waals surface area contributed by atoms with E-state index < -0.39 is 0 Å². The topological polar surface area (TPSA) is 39.9 Å². The predicted molar refractivity (Wildman–Crippen MR) is 94.5 cm³/mol. The summed E-state index contributed by atoms with van der Waals surface area (Å²) in [6, 6.07) is 16.9. The molecule has 0 spiro atoms. The maximum absolute atomic E-state index is 6.28. The molecule has 4 heteroatoms. The summed E-state index contributed by atoms with van der Waals surface area (Å²) < 4.78 is 8.15. The molecule has 1 unspecified atom stereocenters. The molecule has 1 aliphatic rings. The Morgan fingerprint density at radius 3 is 2.54 bits per heavy atom. The lowest BCUT2D eigenvalue weighted by Gasteiger charge is -2.26. The monoisotopic (exact) mass is 319 g/mol. The van der Waals surface area contributed by atoms with Gasteiger partial charge in [-0.1, -0.05) is 53.7 Å². The van der Waals surface area contributed by atoms with Crippen LogP contribution in [-0.4, -0.2) is 21.1 Å². The van der Waals surface area contributed by atoms with Crippen molar-refractivity contribution in [2.24, 2.45) is 7.05 Å². The Bertz CT molecular complexity index is 882. The average molecular weight is 319 g/mol. The Morgan fingerprint density at radius 1 is 1.04 bits per heavy atom. The predicted octanol–water partition coefficient (Wildman–Crippen LogP) is 4.17. The van der Waals surface area contributed by atoms with Crippen LogP contribution in [0.5, 0.6) is 0 Å². The highest BCUT2D eigenvalue weighted by molar-refractivity contribution is 5.82. The molecule has 0 amide bonds. The van der Waals surface area contributed by atoms with E-state index in [0.29, 0.717) is 0 Å². The SMILES string of the molecule is CC(C)OC1Cc2ccccc2-c2c(nnn2C)-c2ccccc21. The summed E-state index contributed by atoms with van der Waals surface area (Å²) in [6.07, 6.45) is 1.02. The minimum Gasteiger partial charge on any atom is -0.371 e. The van der Waals surface area contributed by atoms with Crippen molar-refractivity contribution in [3.05, 3.63) is 59.7 Å². The molecule has 0 N–H and O–H groups in total. The van der Waals surface area contributed by atoms with E-state index in [9.17, 15) is 0 Å². The highest BCUT2D eigenvalue weighted by atomic mass is 16.5. The zero-order valence-corrected chi connectivity index (χ0v) is 14.2. The van der Waals surface area contributed by atoms with Gasteiger partial charge in [-0.2, -0.15) is 0 Å². The minimum absolute atomic E-state index is 0.0116. The second kappa shape index (κ2) is 5.87. The Balaban J connectivity index is 2.01. The number of nitrogens with zero attached hydrogens (tertiary/aromatic N) is 3. The van der Waals surface area contributed by atoms with Gasteiger partial charge in [0, 0.05) is 24.6 Å². The first-order valence-corrected chi connectivity index (χ1v) is 8.38. The molecule has 4 rings (SSSR count). The second-order valence-electron chi connectivity index (χ2n) is 6.53. The molecule has 24 heavy (non-hydrogen) atoms. The van der Waals surface area contributed by atoms with Gasteiger partial charge in [0.1, 0.15) is 5.69 Å². The van der Waals surface area contributed by atoms with E-state index in [0.717, 1.165) is 23.4 Å². The number of ether oxygens (including phenoxy) is 1. The van der Waals surface area contributed by atoms with Crippen molar-refractivity contribution in [2.75, 3.05) is 0 Å². The van der Waals surface area contributed by atoms with E-state index in [4.69, 9.17) is 4.74 Å². The van der Waals surface area contributed by atoms with Crippen LogP contribution in [0.25, 0.3) is 22.5 Å². The van der Waals surface area contributed by atoms with Crippen molar-refractivity contribution in [3.8, 4) is 22.5 Å². The van der Waals surface area contributed by atoms with Gasteiger partial charge in [0.05, 0.1) is 17.9 Å². The average Bonchev–Trinajstić information content (AvgIpc) is 2.94. The number of fused-ring (bicyclic) bond motifs is 5. The normalized spacial score (nSPS) is 16.1. The largest absolute Gasteiger partial charge is 0.371 e. The number of benzene rings is 2. The lowest BCUT2D eigenvalue weighted by molar-refractivity contribution is 0.00716. The van der Waals surface area contributed by atoms with E-state index in [2.05, 4.69) is 72.7 Å². The summed E-state index contributed by atoms with van der Waals surface area (Å²) in [4.78, 5) is 0. The van der Waals surface area contributed by atoms with Crippen LogP contribution < -0.4 is 0 Å². The molecule has 0 saturated carbocycles. The Labute approximate surface area is 142 Å². The van der Waals surface area contributed by atoms with E-state index in [-0.39, 0.29) is 12.2 Å². The first kappa shape index (κ1) is 15.1. The van der Waals surface area contributed by atoms with Gasteiger partial charge in [0.15, 0.2) is 0 Å². The lowest BCUT2D eigenvalue weighted by Crippen LogP contribution is -2.16. The van der Waals surface area contributed by atoms with Crippen LogP contribution in [0.4, 0.5) is 0 Å². The van der Waals surface area contributed by atoms with Gasteiger partial charge in [0.25, 0.3) is 0 Å². The molecule has 1 aliphatic carbocycles. The van der Waals surface area contributed by atoms with Crippen LogP contribution in [0.2, 0.25) is 0 Å². The molecule has 1 atom stereocenters. The highest BCUT2D eigenvalue weighted by Gasteiger charge is 2.27. The molecule has 0 aliphatic heterocycles. The van der Waals surface area contributed by atoms with Crippen LogP contribution in [0.3, 0.4) is 0 Å². The molecule has 1 aromatic heterocycles. The first-order valence-electron chi connectivity index (χ1n) is 8.38. The molecule has 3 aromatic rings. The molecular weight excluding hydrogens is 298 g/mol. The first-order chi connectivity index (χ1) is 11.6. The minimum atomic E-state index is 0.0116. The van der Waals surface area contributed by atoms with E-state index >= 15 is 0 Å². The Hall–Kier alpha value is -2.46. The third-order valence-electron chi connectivity index (χ3n) is 4.50. The van der Waals surface area contributed by atoms with E-state index in [1.54, 1.807) is 0 Å². The van der Waals surface area contributed by atoms with Gasteiger partial charge in [-0.15, -0.1) is 5.10 Å². The van der Waals surface area contributed by atoms with E-state index in [1.807, 2.05) is 11.7 Å². The molecule has 0 saturated heterocycles. The summed E-state index contributed by atoms with van der Waals surface area (Å²) >= 11 is 0. The third kappa shape index (κ3) is 2.43. The number of aryl methyl sites for hydroxylation is 1. The van der Waals surface area contributed by atoms with Crippen molar-refractivity contribution in [1.29, 1.82) is 0 Å². The summed E-state index contributed by atoms with van der Waals surface area (Å²) in [7, 11) is 1.95. The van der Waals surface area contributed by atoms with Crippen LogP contribution in [0.1, 0.15) is 31.1 Å². The van der Waals surface area contributed by atoms with Crippen molar-refractivity contribution in [3.63, 3.8) is 0 Å². The van der Waals surface area contributed by atoms with Crippen molar-refractivity contribution in [2.45, 2.75) is 32.5 Å². The van der Waals surface area contributed by atoms with Gasteiger partial charge in [0.2, 0.25) is 0 Å². The lowest BCUT2D eigenvalue weighted by atomic mass is 9.87. The quantitative estimate of drug-likeness (QED) is 0.711. The fourth-order valence-corrected chi connectivity index (χ4v) is 3.52. The van der Waals surface area contributed by atoms with Crippen LogP contribution in [0, 0.1) is 0 Å². The maximum atomic E-state index is 6.28. The Morgan fingerprint density at radius 2 is 1.75 bits per heavy atom. The summed E-state index contributed by atoms with van der Waals surface area (Å²) in [5.41, 5.74) is 6.75. The Kier molecular flexibility index (Phi) is 3.69. The van der Waals surface area contributed by atoms with Crippen LogP contribution >= 0.6 is 0 Å². The zero-order chi connectivity index (χ0) is 16.7. The number of aromatic nitrogens is 3. The number of hydrogen-bond donors (Lipinski definition) is 0. The summed E-state index contributed by atoms with van der Waals surface area (Å²) in [5.74, 6) is 0. The van der Waals surface area contributed by atoms with Gasteiger partial charge in [-0.05, 0) is 25.0 Å². The molecule has 4 nitrogen and oxygen atoms in total. The summed E-state index contributed by atoms with van der Waals surface area (Å²) in [6.45, 7) is 4.17. The molecule has 0 bridgehead atoms. The van der Waals surface area contributed by atoms with Gasteiger partial charge < -0.3 is 4.74 Å². The molecule has 2 aromatic carbocycles. The van der Waals surface area contributed by atoms with Gasteiger partial charge in [-0.25, -0.2) is 4.68 Å². The van der Waals surface area contributed by atoms with Gasteiger partial charge in [-0.3, -0.25) is 0 Å². The molecule has 0 radical (unpaired) electrons. The third-order valence-corrected chi connectivity index (χ3v) is 4.50. The molecule has 1 heterocycles. The second-order valence-corrected chi connectivity index (χ2v) is 6.53. The smallest absolute Gasteiger partial charge is 0.121 e. The molecular formula is C20H21N3O. The van der Waals surface area contributed by atoms with Crippen molar-refractivity contribution in [1.82, 2.24) is 15.0 Å². The molecule has 122 valence electrons. The molecule has 0 fully saturated rings. The standard InChI is InChI=1S/C20H21N3O/c1-13(2)24-18-12-14-8-4-5-9-15(14)20-19(21-22-23(20)3)17-11-7-6-10-16(17)18/h4-11,13,18H,12H2,1-3H3.